The Kier molecular flexibility index (Phi) is 7.87. The van der Waals surface area contributed by atoms with Gasteiger partial charge in [0.15, 0.2) is 10.7 Å². The zero-order chi connectivity index (χ0) is 33.1. The Hall–Kier alpha value is -4.37. The van der Waals surface area contributed by atoms with Crippen molar-refractivity contribution in [1.82, 2.24) is 24.4 Å². The van der Waals surface area contributed by atoms with Crippen LogP contribution in [0, 0.1) is 5.82 Å². The first-order chi connectivity index (χ1) is 21.7. The van der Waals surface area contributed by atoms with Crippen molar-refractivity contribution in [3.8, 4) is 16.9 Å². The molecule has 6 rings (SSSR count). The Morgan fingerprint density at radius 3 is 2.52 bits per heavy atom. The molecule has 0 spiro atoms. The lowest BCUT2D eigenvalue weighted by Crippen LogP contribution is -2.54. The molecular weight excluding hydrogens is 652 g/mol. The summed E-state index contributed by atoms with van der Waals surface area (Å²) in [7, 11) is -4.01. The number of rotatable bonds is 6. The predicted octanol–water partition coefficient (Wildman–Crippen LogP) is 4.81. The van der Waals surface area contributed by atoms with Gasteiger partial charge in [-0.05, 0) is 56.2 Å². The number of nitrogens with zero attached hydrogens (tertiary/aromatic N) is 6. The largest absolute Gasteiger partial charge is 0.417 e. The molecule has 16 heteroatoms. The third-order valence-electron chi connectivity index (χ3n) is 7.97. The van der Waals surface area contributed by atoms with Crippen LogP contribution >= 0.6 is 11.6 Å². The van der Waals surface area contributed by atoms with Gasteiger partial charge in [-0.15, -0.1) is 0 Å². The maximum atomic E-state index is 15.2. The molecule has 1 amide bonds. The van der Waals surface area contributed by atoms with Crippen molar-refractivity contribution in [3.63, 3.8) is 0 Å². The number of alkyl halides is 3. The van der Waals surface area contributed by atoms with Crippen LogP contribution in [0.2, 0.25) is 5.02 Å². The van der Waals surface area contributed by atoms with Crippen LogP contribution in [-0.4, -0.2) is 69.7 Å². The SMILES string of the molecule is C=CC(=O)N1CCN(c2nc(=O)n(-c3cccnc3S(=O)(=O)C3CC3)c3nc(-c4c(F)cccc4C(F)(F)F)c(Cl)cc23)[C@@H](C)C1. The molecule has 4 aromatic rings. The quantitative estimate of drug-likeness (QED) is 0.211. The normalized spacial score (nSPS) is 17.4. The highest BCUT2D eigenvalue weighted by molar-refractivity contribution is 7.92. The molecule has 1 aliphatic carbocycles. The average Bonchev–Trinajstić information content (AvgIpc) is 3.87. The predicted molar refractivity (Wildman–Crippen MR) is 162 cm³/mol. The summed E-state index contributed by atoms with van der Waals surface area (Å²) in [6.45, 7) is 5.95. The number of anilines is 1. The van der Waals surface area contributed by atoms with Crippen LogP contribution in [0.1, 0.15) is 25.3 Å². The van der Waals surface area contributed by atoms with Crippen molar-refractivity contribution >= 4 is 44.2 Å². The van der Waals surface area contributed by atoms with Crippen LogP contribution in [0.15, 0.2) is 65.1 Å². The van der Waals surface area contributed by atoms with Crippen molar-refractivity contribution in [2.75, 3.05) is 24.5 Å². The van der Waals surface area contributed by atoms with Gasteiger partial charge in [0.2, 0.25) is 15.7 Å². The van der Waals surface area contributed by atoms with Crippen molar-refractivity contribution in [2.45, 2.75) is 42.3 Å². The Balaban J connectivity index is 1.66. The molecule has 0 bridgehead atoms. The number of carbonyl (C=O) groups is 1. The number of aromatic nitrogens is 4. The van der Waals surface area contributed by atoms with E-state index < -0.39 is 60.7 Å². The number of hydrogen-bond donors (Lipinski definition) is 0. The first kappa shape index (κ1) is 31.6. The molecule has 1 aliphatic heterocycles. The Morgan fingerprint density at radius 2 is 1.87 bits per heavy atom. The zero-order valence-corrected chi connectivity index (χ0v) is 25.7. The minimum absolute atomic E-state index is 0.0514. The topological polar surface area (TPSA) is 118 Å². The van der Waals surface area contributed by atoms with Crippen molar-refractivity contribution in [3.05, 3.63) is 82.1 Å². The second kappa shape index (κ2) is 11.5. The molecule has 10 nitrogen and oxygen atoms in total. The van der Waals surface area contributed by atoms with Gasteiger partial charge >= 0.3 is 11.9 Å². The first-order valence-electron chi connectivity index (χ1n) is 14.1. The standard InChI is InChI=1S/C30H25ClF4N6O4S/c1-3-23(42)39-12-13-40(16(2)15-39)26-18-14-20(31)25(24-19(30(33,34)35)6-4-7-21(24)32)37-27(18)41(29(43)38-26)22-8-5-11-36-28(22)46(44,45)17-9-10-17/h3-8,11,14,16-17H,1,9-10,12-13,15H2,2H3/t16-/m0/s1. The molecule has 2 aliphatic rings. The van der Waals surface area contributed by atoms with E-state index in [9.17, 15) is 31.2 Å². The zero-order valence-electron chi connectivity index (χ0n) is 24.1. The third-order valence-corrected chi connectivity index (χ3v) is 10.5. The summed E-state index contributed by atoms with van der Waals surface area (Å²) in [5.41, 5.74) is -4.45. The van der Waals surface area contributed by atoms with Gasteiger partial charge in [-0.1, -0.05) is 24.2 Å². The first-order valence-corrected chi connectivity index (χ1v) is 16.0. The lowest BCUT2D eigenvalue weighted by molar-refractivity contribution is -0.137. The van der Waals surface area contributed by atoms with Crippen LogP contribution in [0.5, 0.6) is 0 Å². The van der Waals surface area contributed by atoms with E-state index in [0.717, 1.165) is 16.7 Å². The van der Waals surface area contributed by atoms with E-state index in [2.05, 4.69) is 21.5 Å². The highest BCUT2D eigenvalue weighted by Gasteiger charge is 2.41. The van der Waals surface area contributed by atoms with E-state index in [4.69, 9.17) is 11.6 Å². The molecule has 0 N–H and O–H groups in total. The summed E-state index contributed by atoms with van der Waals surface area (Å²) >= 11 is 6.55. The van der Waals surface area contributed by atoms with Gasteiger partial charge in [-0.25, -0.2) is 32.1 Å². The summed E-state index contributed by atoms with van der Waals surface area (Å²) in [6, 6.07) is 5.92. The number of benzene rings is 1. The summed E-state index contributed by atoms with van der Waals surface area (Å²) in [5, 5.41) is -1.44. The molecule has 2 fully saturated rings. The van der Waals surface area contributed by atoms with Crippen LogP contribution < -0.4 is 10.6 Å². The van der Waals surface area contributed by atoms with Crippen LogP contribution in [-0.2, 0) is 20.8 Å². The average molecular weight is 677 g/mol. The number of sulfone groups is 1. The summed E-state index contributed by atoms with van der Waals surface area (Å²) in [5.74, 6) is -1.50. The highest BCUT2D eigenvalue weighted by Crippen LogP contribution is 2.42. The second-order valence-corrected chi connectivity index (χ2v) is 13.6. The van der Waals surface area contributed by atoms with Crippen LogP contribution in [0.3, 0.4) is 0 Å². The molecule has 1 saturated heterocycles. The molecule has 0 radical (unpaired) electrons. The minimum atomic E-state index is -4.99. The van der Waals surface area contributed by atoms with E-state index >= 15 is 4.39 Å². The van der Waals surface area contributed by atoms with Crippen LogP contribution in [0.25, 0.3) is 28.0 Å². The number of piperazine rings is 1. The van der Waals surface area contributed by atoms with Gasteiger partial charge in [-0.2, -0.15) is 18.2 Å². The number of pyridine rings is 2. The fourth-order valence-corrected chi connectivity index (χ4v) is 7.60. The number of halogens is 5. The van der Waals surface area contributed by atoms with Crippen molar-refractivity contribution in [2.24, 2.45) is 0 Å². The summed E-state index contributed by atoms with van der Waals surface area (Å²) in [6.07, 6.45) is -1.77. The molecular formula is C30H25ClF4N6O4S. The van der Waals surface area contributed by atoms with Crippen molar-refractivity contribution in [1.29, 1.82) is 0 Å². The minimum Gasteiger partial charge on any atom is -0.350 e. The molecule has 240 valence electrons. The smallest absolute Gasteiger partial charge is 0.350 e. The number of hydrogen-bond acceptors (Lipinski definition) is 8. The van der Waals surface area contributed by atoms with Gasteiger partial charge in [0.1, 0.15) is 11.6 Å². The van der Waals surface area contributed by atoms with Gasteiger partial charge in [0.05, 0.1) is 32.6 Å². The highest BCUT2D eigenvalue weighted by atomic mass is 35.5. The molecule has 4 heterocycles. The van der Waals surface area contributed by atoms with E-state index in [0.29, 0.717) is 18.9 Å². The maximum Gasteiger partial charge on any atom is 0.417 e. The van der Waals surface area contributed by atoms with E-state index in [-0.39, 0.29) is 53.1 Å². The second-order valence-electron chi connectivity index (χ2n) is 11.0. The Bertz CT molecular complexity index is 2080. The van der Waals surface area contributed by atoms with Gasteiger partial charge < -0.3 is 9.80 Å². The third kappa shape index (κ3) is 5.40. The molecule has 46 heavy (non-hydrogen) atoms. The summed E-state index contributed by atoms with van der Waals surface area (Å²) in [4.78, 5) is 42.1. The van der Waals surface area contributed by atoms with Crippen molar-refractivity contribution < 1.29 is 30.8 Å². The van der Waals surface area contributed by atoms with Gasteiger partial charge in [0, 0.05) is 37.4 Å². The molecule has 1 atom stereocenters. The Labute approximate surface area is 264 Å². The van der Waals surface area contributed by atoms with Gasteiger partial charge in [0.25, 0.3) is 0 Å². The Morgan fingerprint density at radius 1 is 1.13 bits per heavy atom. The molecule has 3 aromatic heterocycles. The molecule has 1 aromatic carbocycles. The monoisotopic (exact) mass is 676 g/mol. The molecule has 1 saturated carbocycles. The maximum absolute atomic E-state index is 15.2. The fourth-order valence-electron chi connectivity index (χ4n) is 5.63. The van der Waals surface area contributed by atoms with Crippen LogP contribution in [0.4, 0.5) is 23.4 Å². The van der Waals surface area contributed by atoms with E-state index in [1.54, 1.807) is 16.7 Å². The molecule has 0 unspecified atom stereocenters. The van der Waals surface area contributed by atoms with Gasteiger partial charge in [-0.3, -0.25) is 4.79 Å². The number of fused-ring (bicyclic) bond motifs is 1. The van der Waals surface area contributed by atoms with E-state index in [1.807, 2.05) is 0 Å². The number of carbonyl (C=O) groups excluding carboxylic acids is 1. The fraction of sp³-hybridized carbons (Fsp3) is 0.300. The van der Waals surface area contributed by atoms with E-state index in [1.165, 1.54) is 30.5 Å². The summed E-state index contributed by atoms with van der Waals surface area (Å²) < 4.78 is 85.1. The number of amides is 1. The lowest BCUT2D eigenvalue weighted by Gasteiger charge is -2.40. The lowest BCUT2D eigenvalue weighted by atomic mass is 10.0.